The topological polar surface area (TPSA) is 12.9 Å². The Morgan fingerprint density at radius 3 is 2.31 bits per heavy atom. The van der Waals surface area contributed by atoms with E-state index in [1.165, 1.54) is 44.1 Å². The molecule has 1 heteroatoms. The highest BCUT2D eigenvalue weighted by atomic mass is 14.6. The number of unbranched alkanes of at least 4 members (excludes halogenated alkanes) is 3. The van der Waals surface area contributed by atoms with Gasteiger partial charge in [0.1, 0.15) is 0 Å². The molecule has 90 valence electrons. The fourth-order valence-electron chi connectivity index (χ4n) is 2.22. The van der Waals surface area contributed by atoms with Gasteiger partial charge in [-0.1, -0.05) is 46.5 Å². The quantitative estimate of drug-likeness (QED) is 0.605. The lowest BCUT2D eigenvalue weighted by atomic mass is 9.76. The maximum Gasteiger partial charge on any atom is 0.0270 e. The minimum Gasteiger partial charge on any atom is -0.265 e. The minimum absolute atomic E-state index is 0.344. The van der Waals surface area contributed by atoms with Crippen LogP contribution in [-0.4, -0.2) is 4.98 Å². The van der Waals surface area contributed by atoms with E-state index >= 15 is 0 Å². The molecule has 0 bridgehead atoms. The van der Waals surface area contributed by atoms with Crippen molar-refractivity contribution in [2.24, 2.45) is 0 Å². The van der Waals surface area contributed by atoms with E-state index in [9.17, 15) is 0 Å². The standard InChI is InChI=1S/C15H25N/c1-4-6-7-8-11-15(3,5-2)14-9-12-16-13-10-14/h9-10,12-13H,4-8,11H2,1-3H3. The lowest BCUT2D eigenvalue weighted by molar-refractivity contribution is 0.395. The molecule has 0 aliphatic rings. The van der Waals surface area contributed by atoms with Crippen LogP contribution in [0.25, 0.3) is 0 Å². The Labute approximate surface area is 100 Å². The van der Waals surface area contributed by atoms with Crippen molar-refractivity contribution in [1.82, 2.24) is 4.98 Å². The second kappa shape index (κ2) is 6.67. The van der Waals surface area contributed by atoms with Gasteiger partial charge in [0.2, 0.25) is 0 Å². The third-order valence-corrected chi connectivity index (χ3v) is 3.74. The Bertz CT molecular complexity index is 281. The van der Waals surface area contributed by atoms with Crippen molar-refractivity contribution in [1.29, 1.82) is 0 Å². The summed E-state index contributed by atoms with van der Waals surface area (Å²) in [5.41, 5.74) is 1.79. The Balaban J connectivity index is 2.56. The second-order valence-electron chi connectivity index (χ2n) is 4.96. The van der Waals surface area contributed by atoms with Crippen molar-refractivity contribution in [3.63, 3.8) is 0 Å². The lowest BCUT2D eigenvalue weighted by Crippen LogP contribution is -2.20. The zero-order chi connectivity index (χ0) is 11.9. The van der Waals surface area contributed by atoms with Crippen LogP contribution < -0.4 is 0 Å². The van der Waals surface area contributed by atoms with Gasteiger partial charge >= 0.3 is 0 Å². The van der Waals surface area contributed by atoms with Gasteiger partial charge in [-0.05, 0) is 36.0 Å². The average molecular weight is 219 g/mol. The molecule has 16 heavy (non-hydrogen) atoms. The third-order valence-electron chi connectivity index (χ3n) is 3.74. The lowest BCUT2D eigenvalue weighted by Gasteiger charge is -2.28. The summed E-state index contributed by atoms with van der Waals surface area (Å²) in [6.07, 6.45) is 11.7. The fraction of sp³-hybridized carbons (Fsp3) is 0.667. The molecule has 1 nitrogen and oxygen atoms in total. The molecule has 1 heterocycles. The van der Waals surface area contributed by atoms with E-state index in [1.807, 2.05) is 12.4 Å². The molecule has 0 aliphatic carbocycles. The normalized spacial score (nSPS) is 14.7. The van der Waals surface area contributed by atoms with Gasteiger partial charge in [-0.2, -0.15) is 0 Å². The maximum absolute atomic E-state index is 4.10. The molecule has 1 aromatic rings. The summed E-state index contributed by atoms with van der Waals surface area (Å²) >= 11 is 0. The summed E-state index contributed by atoms with van der Waals surface area (Å²) in [6.45, 7) is 6.94. The fourth-order valence-corrected chi connectivity index (χ4v) is 2.22. The van der Waals surface area contributed by atoms with Crippen LogP contribution in [0.1, 0.15) is 64.9 Å². The zero-order valence-electron chi connectivity index (χ0n) is 11.0. The highest BCUT2D eigenvalue weighted by molar-refractivity contribution is 5.21. The smallest absolute Gasteiger partial charge is 0.0270 e. The van der Waals surface area contributed by atoms with Crippen LogP contribution in [0.2, 0.25) is 0 Å². The number of nitrogens with zero attached hydrogens (tertiary/aromatic N) is 1. The van der Waals surface area contributed by atoms with Crippen LogP contribution in [-0.2, 0) is 5.41 Å². The first-order chi connectivity index (χ1) is 7.73. The van der Waals surface area contributed by atoms with E-state index in [0.29, 0.717) is 5.41 Å². The Kier molecular flexibility index (Phi) is 5.51. The van der Waals surface area contributed by atoms with E-state index in [0.717, 1.165) is 0 Å². The van der Waals surface area contributed by atoms with E-state index in [1.54, 1.807) is 0 Å². The molecule has 0 aliphatic heterocycles. The van der Waals surface area contributed by atoms with E-state index < -0.39 is 0 Å². The van der Waals surface area contributed by atoms with Gasteiger partial charge in [-0.25, -0.2) is 0 Å². The van der Waals surface area contributed by atoms with Gasteiger partial charge in [-0.15, -0.1) is 0 Å². The molecule has 0 radical (unpaired) electrons. The molecule has 1 atom stereocenters. The van der Waals surface area contributed by atoms with Crippen molar-refractivity contribution < 1.29 is 0 Å². The molecule has 0 amide bonds. The van der Waals surface area contributed by atoms with Gasteiger partial charge in [0, 0.05) is 12.4 Å². The van der Waals surface area contributed by atoms with Crippen molar-refractivity contribution in [3.8, 4) is 0 Å². The summed E-state index contributed by atoms with van der Waals surface area (Å²) in [7, 11) is 0. The van der Waals surface area contributed by atoms with Gasteiger partial charge in [0.25, 0.3) is 0 Å². The van der Waals surface area contributed by atoms with E-state index in [2.05, 4.69) is 37.9 Å². The molecular weight excluding hydrogens is 194 g/mol. The molecule has 0 fully saturated rings. The second-order valence-corrected chi connectivity index (χ2v) is 4.96. The van der Waals surface area contributed by atoms with Crippen molar-refractivity contribution in [3.05, 3.63) is 30.1 Å². The molecule has 1 aromatic heterocycles. The first kappa shape index (κ1) is 13.2. The molecular formula is C15H25N. The Hall–Kier alpha value is -0.850. The number of aromatic nitrogens is 1. The van der Waals surface area contributed by atoms with Gasteiger partial charge < -0.3 is 0 Å². The largest absolute Gasteiger partial charge is 0.265 e. The Morgan fingerprint density at radius 1 is 1.06 bits per heavy atom. The highest BCUT2D eigenvalue weighted by Crippen LogP contribution is 2.32. The predicted octanol–water partition coefficient (Wildman–Crippen LogP) is 4.72. The minimum atomic E-state index is 0.344. The van der Waals surface area contributed by atoms with Crippen molar-refractivity contribution in [2.45, 2.75) is 64.7 Å². The summed E-state index contributed by atoms with van der Waals surface area (Å²) < 4.78 is 0. The molecule has 1 rings (SSSR count). The van der Waals surface area contributed by atoms with Crippen LogP contribution in [0.3, 0.4) is 0 Å². The number of rotatable bonds is 7. The van der Waals surface area contributed by atoms with Crippen molar-refractivity contribution in [2.75, 3.05) is 0 Å². The number of hydrogen-bond acceptors (Lipinski definition) is 1. The van der Waals surface area contributed by atoms with Crippen LogP contribution in [0.15, 0.2) is 24.5 Å². The Morgan fingerprint density at radius 2 is 1.75 bits per heavy atom. The molecule has 1 unspecified atom stereocenters. The van der Waals surface area contributed by atoms with Gasteiger partial charge in [-0.3, -0.25) is 4.98 Å². The number of pyridine rings is 1. The van der Waals surface area contributed by atoms with Crippen LogP contribution in [0.5, 0.6) is 0 Å². The molecule has 0 saturated heterocycles. The van der Waals surface area contributed by atoms with Crippen molar-refractivity contribution >= 4 is 0 Å². The summed E-state index contributed by atoms with van der Waals surface area (Å²) in [4.78, 5) is 4.10. The molecule has 0 aromatic carbocycles. The first-order valence-corrected chi connectivity index (χ1v) is 6.63. The third kappa shape index (κ3) is 3.62. The monoisotopic (exact) mass is 219 g/mol. The molecule has 0 spiro atoms. The van der Waals surface area contributed by atoms with Crippen LogP contribution >= 0.6 is 0 Å². The summed E-state index contributed by atoms with van der Waals surface area (Å²) in [6, 6.07) is 4.34. The SMILES string of the molecule is CCCCCCC(C)(CC)c1ccncc1. The van der Waals surface area contributed by atoms with Gasteiger partial charge in [0.15, 0.2) is 0 Å². The summed E-state index contributed by atoms with van der Waals surface area (Å²) in [5.74, 6) is 0. The number of hydrogen-bond donors (Lipinski definition) is 0. The average Bonchev–Trinajstić information content (AvgIpc) is 2.35. The van der Waals surface area contributed by atoms with Crippen LogP contribution in [0.4, 0.5) is 0 Å². The van der Waals surface area contributed by atoms with E-state index in [4.69, 9.17) is 0 Å². The molecule has 0 saturated carbocycles. The van der Waals surface area contributed by atoms with Crippen LogP contribution in [0, 0.1) is 0 Å². The zero-order valence-corrected chi connectivity index (χ0v) is 11.0. The van der Waals surface area contributed by atoms with E-state index in [-0.39, 0.29) is 0 Å². The van der Waals surface area contributed by atoms with Gasteiger partial charge in [0.05, 0.1) is 0 Å². The first-order valence-electron chi connectivity index (χ1n) is 6.63. The predicted molar refractivity (Wildman–Crippen MR) is 70.6 cm³/mol. The summed E-state index contributed by atoms with van der Waals surface area (Å²) in [5, 5.41) is 0. The molecule has 0 N–H and O–H groups in total. The maximum atomic E-state index is 4.10. The highest BCUT2D eigenvalue weighted by Gasteiger charge is 2.23.